The molecule has 4 heteroatoms. The van der Waals surface area contributed by atoms with Gasteiger partial charge in [0.05, 0.1) is 4.88 Å². The third kappa shape index (κ3) is 2.40. The summed E-state index contributed by atoms with van der Waals surface area (Å²) in [4.78, 5) is 11.9. The highest BCUT2D eigenvalue weighted by molar-refractivity contribution is 7.08. The Bertz CT molecular complexity index is 231. The molecule has 0 aliphatic rings. The smallest absolute Gasteiger partial charge is 0.175 e. The topological polar surface area (TPSA) is 56.0 Å². The lowest BCUT2D eigenvalue weighted by atomic mass is 10.1. The van der Waals surface area contributed by atoms with Crippen molar-refractivity contribution in [2.75, 3.05) is 0 Å². The van der Waals surface area contributed by atoms with Crippen LogP contribution in [0.15, 0.2) is 12.3 Å². The second kappa shape index (κ2) is 3.59. The quantitative estimate of drug-likeness (QED) is 0.690. The van der Waals surface area contributed by atoms with Crippen LogP contribution in [-0.2, 0) is 0 Å². The van der Waals surface area contributed by atoms with Gasteiger partial charge in [-0.15, -0.1) is 0 Å². The minimum atomic E-state index is -0.0652. The molecule has 1 heterocycles. The fraction of sp³-hybridized carbons (Fsp3) is 0.429. The van der Waals surface area contributed by atoms with Crippen LogP contribution in [0, 0.1) is 0 Å². The number of rotatable bonds is 3. The SMILES string of the molecule is C[C@@H](N)CC(=O)c1ccns1. The summed E-state index contributed by atoms with van der Waals surface area (Å²) < 4.78 is 3.83. The fourth-order valence-electron chi connectivity index (χ4n) is 0.753. The van der Waals surface area contributed by atoms with E-state index in [2.05, 4.69) is 4.37 Å². The number of nitrogens with zero attached hydrogens (tertiary/aromatic N) is 1. The van der Waals surface area contributed by atoms with Crippen molar-refractivity contribution in [2.45, 2.75) is 19.4 Å². The standard InChI is InChI=1S/C7H10N2OS/c1-5(8)4-6(10)7-2-3-9-11-7/h2-3,5H,4,8H2,1H3/t5-/m1/s1. The molecule has 0 saturated carbocycles. The van der Waals surface area contributed by atoms with Gasteiger partial charge in [0.15, 0.2) is 5.78 Å². The number of hydrogen-bond donors (Lipinski definition) is 1. The van der Waals surface area contributed by atoms with Gasteiger partial charge in [-0.25, -0.2) is 4.37 Å². The third-order valence-electron chi connectivity index (χ3n) is 1.22. The van der Waals surface area contributed by atoms with Gasteiger partial charge in [-0.2, -0.15) is 0 Å². The second-order valence-electron chi connectivity index (χ2n) is 2.48. The molecule has 1 aromatic heterocycles. The van der Waals surface area contributed by atoms with Crippen molar-refractivity contribution in [1.29, 1.82) is 0 Å². The van der Waals surface area contributed by atoms with Crippen LogP contribution in [0.5, 0.6) is 0 Å². The molecule has 0 aliphatic carbocycles. The van der Waals surface area contributed by atoms with Crippen LogP contribution >= 0.6 is 11.5 Å². The maximum absolute atomic E-state index is 11.2. The number of carbonyl (C=O) groups is 1. The van der Waals surface area contributed by atoms with Crippen LogP contribution in [0.2, 0.25) is 0 Å². The van der Waals surface area contributed by atoms with Crippen molar-refractivity contribution in [3.63, 3.8) is 0 Å². The molecular formula is C7H10N2OS. The van der Waals surface area contributed by atoms with Crippen molar-refractivity contribution >= 4 is 17.3 Å². The number of hydrogen-bond acceptors (Lipinski definition) is 4. The summed E-state index contributed by atoms with van der Waals surface area (Å²) in [5.74, 6) is 0.0856. The Labute approximate surface area is 69.4 Å². The number of carbonyl (C=O) groups excluding carboxylic acids is 1. The lowest BCUT2D eigenvalue weighted by Crippen LogP contribution is -2.19. The zero-order valence-electron chi connectivity index (χ0n) is 6.28. The molecule has 1 aromatic rings. The maximum Gasteiger partial charge on any atom is 0.175 e. The molecule has 0 aliphatic heterocycles. The second-order valence-corrected chi connectivity index (χ2v) is 3.31. The fourth-order valence-corrected chi connectivity index (χ4v) is 1.29. The highest BCUT2D eigenvalue weighted by atomic mass is 32.1. The van der Waals surface area contributed by atoms with Crippen molar-refractivity contribution in [1.82, 2.24) is 4.37 Å². The van der Waals surface area contributed by atoms with E-state index in [4.69, 9.17) is 5.73 Å². The molecule has 0 fully saturated rings. The van der Waals surface area contributed by atoms with Gasteiger partial charge in [0.2, 0.25) is 0 Å². The molecule has 0 bridgehead atoms. The van der Waals surface area contributed by atoms with Gasteiger partial charge in [0.1, 0.15) is 0 Å². The Morgan fingerprint density at radius 2 is 2.64 bits per heavy atom. The van der Waals surface area contributed by atoms with E-state index in [0.717, 1.165) is 0 Å². The van der Waals surface area contributed by atoms with E-state index in [-0.39, 0.29) is 11.8 Å². The van der Waals surface area contributed by atoms with E-state index in [1.807, 2.05) is 6.92 Å². The van der Waals surface area contributed by atoms with Gasteiger partial charge in [-0.05, 0) is 24.5 Å². The van der Waals surface area contributed by atoms with Gasteiger partial charge in [0.25, 0.3) is 0 Å². The van der Waals surface area contributed by atoms with E-state index >= 15 is 0 Å². The van der Waals surface area contributed by atoms with Crippen LogP contribution in [0.25, 0.3) is 0 Å². The highest BCUT2D eigenvalue weighted by Crippen LogP contribution is 2.08. The maximum atomic E-state index is 11.2. The molecule has 11 heavy (non-hydrogen) atoms. The average Bonchev–Trinajstić information content (AvgIpc) is 2.35. The molecule has 2 N–H and O–H groups in total. The number of aromatic nitrogens is 1. The Morgan fingerprint density at radius 1 is 1.91 bits per heavy atom. The predicted molar refractivity (Wildman–Crippen MR) is 44.7 cm³/mol. The van der Waals surface area contributed by atoms with E-state index in [1.54, 1.807) is 12.3 Å². The first-order chi connectivity index (χ1) is 5.20. The molecule has 0 amide bonds. The van der Waals surface area contributed by atoms with Gasteiger partial charge in [-0.1, -0.05) is 0 Å². The highest BCUT2D eigenvalue weighted by Gasteiger charge is 2.08. The number of ketones is 1. The Hall–Kier alpha value is -0.740. The lowest BCUT2D eigenvalue weighted by Gasteiger charge is -1.99. The molecule has 0 aromatic carbocycles. The largest absolute Gasteiger partial charge is 0.328 e. The first kappa shape index (κ1) is 8.36. The van der Waals surface area contributed by atoms with Crippen molar-refractivity contribution in [3.05, 3.63) is 17.1 Å². The number of Topliss-reactive ketones (excluding diaryl/α,β-unsaturated/α-hetero) is 1. The molecule has 1 atom stereocenters. The Kier molecular flexibility index (Phi) is 2.73. The predicted octanol–water partition coefficient (Wildman–Crippen LogP) is 1.06. The summed E-state index contributed by atoms with van der Waals surface area (Å²) in [5.41, 5.74) is 5.46. The van der Waals surface area contributed by atoms with Crippen LogP contribution in [0.3, 0.4) is 0 Å². The summed E-state index contributed by atoms with van der Waals surface area (Å²) in [5, 5.41) is 0. The first-order valence-corrected chi connectivity index (χ1v) is 4.17. The van der Waals surface area contributed by atoms with Gasteiger partial charge in [-0.3, -0.25) is 4.79 Å². The number of nitrogens with two attached hydrogens (primary N) is 1. The lowest BCUT2D eigenvalue weighted by molar-refractivity contribution is 0.0980. The summed E-state index contributed by atoms with van der Waals surface area (Å²) in [6.07, 6.45) is 2.03. The van der Waals surface area contributed by atoms with E-state index in [1.165, 1.54) is 11.5 Å². The zero-order chi connectivity index (χ0) is 8.27. The van der Waals surface area contributed by atoms with Crippen LogP contribution in [0.1, 0.15) is 23.0 Å². The summed E-state index contributed by atoms with van der Waals surface area (Å²) in [6, 6.07) is 1.65. The molecule has 1 rings (SSSR count). The molecule has 3 nitrogen and oxygen atoms in total. The minimum Gasteiger partial charge on any atom is -0.328 e. The zero-order valence-corrected chi connectivity index (χ0v) is 7.10. The summed E-state index contributed by atoms with van der Waals surface area (Å²) in [7, 11) is 0. The van der Waals surface area contributed by atoms with E-state index < -0.39 is 0 Å². The van der Waals surface area contributed by atoms with E-state index in [0.29, 0.717) is 11.3 Å². The molecule has 0 radical (unpaired) electrons. The molecule has 0 saturated heterocycles. The van der Waals surface area contributed by atoms with E-state index in [9.17, 15) is 4.79 Å². The average molecular weight is 170 g/mol. The van der Waals surface area contributed by atoms with Crippen LogP contribution in [0.4, 0.5) is 0 Å². The van der Waals surface area contributed by atoms with Crippen molar-refractivity contribution in [3.8, 4) is 0 Å². The third-order valence-corrected chi connectivity index (χ3v) is 2.01. The van der Waals surface area contributed by atoms with Crippen LogP contribution < -0.4 is 5.73 Å². The van der Waals surface area contributed by atoms with Crippen molar-refractivity contribution in [2.24, 2.45) is 5.73 Å². The summed E-state index contributed by atoms with van der Waals surface area (Å²) in [6.45, 7) is 1.82. The van der Waals surface area contributed by atoms with Gasteiger partial charge >= 0.3 is 0 Å². The van der Waals surface area contributed by atoms with Gasteiger partial charge in [0, 0.05) is 18.7 Å². The van der Waals surface area contributed by atoms with Gasteiger partial charge < -0.3 is 5.73 Å². The van der Waals surface area contributed by atoms with Crippen molar-refractivity contribution < 1.29 is 4.79 Å². The normalized spacial score (nSPS) is 12.9. The Balaban J connectivity index is 2.57. The minimum absolute atomic E-state index is 0.0652. The Morgan fingerprint density at radius 3 is 3.09 bits per heavy atom. The molecule has 0 spiro atoms. The molecular weight excluding hydrogens is 160 g/mol. The van der Waals surface area contributed by atoms with Crippen LogP contribution in [-0.4, -0.2) is 16.2 Å². The first-order valence-electron chi connectivity index (χ1n) is 3.39. The summed E-state index contributed by atoms with van der Waals surface area (Å²) >= 11 is 1.22. The molecule has 60 valence electrons. The molecule has 0 unspecified atom stereocenters. The monoisotopic (exact) mass is 170 g/mol.